The maximum absolute atomic E-state index is 5.56. The Morgan fingerprint density at radius 3 is 2.06 bits per heavy atom. The van der Waals surface area contributed by atoms with E-state index in [-0.39, 0.29) is 12.4 Å². The number of thioether (sulfide) groups is 1. The molecule has 0 bridgehead atoms. The fraction of sp³-hybridized carbons (Fsp3) is 0.143. The molecule has 1 nitrogen and oxygen atoms in total. The zero-order valence-corrected chi connectivity index (χ0v) is 11.1. The monoisotopic (exact) mass is 265 g/mol. The molecule has 17 heavy (non-hydrogen) atoms. The molecule has 2 aromatic carbocycles. The second kappa shape index (κ2) is 7.38. The Kier molecular flexibility index (Phi) is 6.12. The van der Waals surface area contributed by atoms with Crippen molar-refractivity contribution in [3.05, 3.63) is 65.7 Å². The van der Waals surface area contributed by atoms with E-state index in [4.69, 9.17) is 5.73 Å². The van der Waals surface area contributed by atoms with E-state index in [0.29, 0.717) is 6.54 Å². The minimum atomic E-state index is 0. The molecular weight excluding hydrogens is 250 g/mol. The summed E-state index contributed by atoms with van der Waals surface area (Å²) in [6.45, 7) is 0.615. The molecule has 2 N–H and O–H groups in total. The number of hydrogen-bond donors (Lipinski definition) is 1. The zero-order chi connectivity index (χ0) is 11.2. The van der Waals surface area contributed by atoms with Crippen LogP contribution in [-0.4, -0.2) is 0 Å². The van der Waals surface area contributed by atoms with E-state index in [2.05, 4.69) is 48.5 Å². The van der Waals surface area contributed by atoms with Crippen molar-refractivity contribution in [3.8, 4) is 0 Å². The Hall–Kier alpha value is -0.960. The molecule has 2 aromatic rings. The smallest absolute Gasteiger partial charge is 0.0231 e. The van der Waals surface area contributed by atoms with Gasteiger partial charge in [0.1, 0.15) is 0 Å². The van der Waals surface area contributed by atoms with Crippen molar-refractivity contribution < 1.29 is 0 Å². The number of halogens is 1. The van der Waals surface area contributed by atoms with Crippen LogP contribution in [0.25, 0.3) is 0 Å². The van der Waals surface area contributed by atoms with Crippen molar-refractivity contribution in [2.45, 2.75) is 17.2 Å². The Bertz CT molecular complexity index is 428. The standard InChI is InChI=1S/C14H15NS.ClH/c15-10-12-6-8-14(9-7-12)16-11-13-4-2-1-3-5-13;/h1-9H,10-11,15H2;1H. The Morgan fingerprint density at radius 1 is 0.824 bits per heavy atom. The Labute approximate surface area is 113 Å². The molecule has 0 amide bonds. The minimum Gasteiger partial charge on any atom is -0.326 e. The van der Waals surface area contributed by atoms with Gasteiger partial charge in [-0.3, -0.25) is 0 Å². The highest BCUT2D eigenvalue weighted by molar-refractivity contribution is 7.98. The van der Waals surface area contributed by atoms with Crippen molar-refractivity contribution in [1.29, 1.82) is 0 Å². The van der Waals surface area contributed by atoms with Gasteiger partial charge >= 0.3 is 0 Å². The number of hydrogen-bond acceptors (Lipinski definition) is 2. The summed E-state index contributed by atoms with van der Waals surface area (Å²) in [4.78, 5) is 1.29. The van der Waals surface area contributed by atoms with Crippen LogP contribution in [0, 0.1) is 0 Å². The van der Waals surface area contributed by atoms with Crippen molar-refractivity contribution in [2.24, 2.45) is 5.73 Å². The molecule has 90 valence electrons. The lowest BCUT2D eigenvalue weighted by atomic mass is 10.2. The highest BCUT2D eigenvalue weighted by Gasteiger charge is 1.96. The molecular formula is C14H16ClNS. The van der Waals surface area contributed by atoms with E-state index < -0.39 is 0 Å². The normalized spacial score (nSPS) is 9.71. The summed E-state index contributed by atoms with van der Waals surface area (Å²) in [7, 11) is 0. The first kappa shape index (κ1) is 14.1. The van der Waals surface area contributed by atoms with Crippen LogP contribution < -0.4 is 5.73 Å². The van der Waals surface area contributed by atoms with Gasteiger partial charge in [-0.15, -0.1) is 24.2 Å². The van der Waals surface area contributed by atoms with Crippen LogP contribution in [0.4, 0.5) is 0 Å². The molecule has 0 heterocycles. The van der Waals surface area contributed by atoms with Crippen LogP contribution in [0.5, 0.6) is 0 Å². The van der Waals surface area contributed by atoms with Crippen molar-refractivity contribution in [2.75, 3.05) is 0 Å². The van der Waals surface area contributed by atoms with Gasteiger partial charge in [0.05, 0.1) is 0 Å². The fourth-order valence-electron chi connectivity index (χ4n) is 1.46. The molecule has 0 fully saturated rings. The predicted molar refractivity (Wildman–Crippen MR) is 77.6 cm³/mol. The summed E-state index contributed by atoms with van der Waals surface area (Å²) in [5.41, 5.74) is 8.10. The third-order valence-corrected chi connectivity index (χ3v) is 3.49. The van der Waals surface area contributed by atoms with Gasteiger partial charge in [0.2, 0.25) is 0 Å². The maximum atomic E-state index is 5.56. The highest BCUT2D eigenvalue weighted by Crippen LogP contribution is 2.22. The number of benzene rings is 2. The van der Waals surface area contributed by atoms with Gasteiger partial charge in [-0.2, -0.15) is 0 Å². The van der Waals surface area contributed by atoms with Gasteiger partial charge in [0, 0.05) is 17.2 Å². The van der Waals surface area contributed by atoms with Crippen molar-refractivity contribution in [1.82, 2.24) is 0 Å². The molecule has 0 aliphatic heterocycles. The summed E-state index contributed by atoms with van der Waals surface area (Å²) in [6.07, 6.45) is 0. The SMILES string of the molecule is Cl.NCc1ccc(SCc2ccccc2)cc1. The summed E-state index contributed by atoms with van der Waals surface area (Å²) >= 11 is 1.85. The van der Waals surface area contributed by atoms with Gasteiger partial charge in [-0.25, -0.2) is 0 Å². The first-order chi connectivity index (χ1) is 7.88. The number of rotatable bonds is 4. The summed E-state index contributed by atoms with van der Waals surface area (Å²) in [6, 6.07) is 19.0. The average Bonchev–Trinajstić information content (AvgIpc) is 2.38. The molecule has 0 aliphatic rings. The second-order valence-electron chi connectivity index (χ2n) is 3.62. The van der Waals surface area contributed by atoms with Crippen molar-refractivity contribution >= 4 is 24.2 Å². The van der Waals surface area contributed by atoms with Crippen LogP contribution in [-0.2, 0) is 12.3 Å². The second-order valence-corrected chi connectivity index (χ2v) is 4.67. The molecule has 0 saturated carbocycles. The van der Waals surface area contributed by atoms with Crippen LogP contribution >= 0.6 is 24.2 Å². The molecule has 0 aliphatic carbocycles. The lowest BCUT2D eigenvalue weighted by Crippen LogP contribution is -1.94. The van der Waals surface area contributed by atoms with E-state index in [0.717, 1.165) is 5.75 Å². The largest absolute Gasteiger partial charge is 0.326 e. The average molecular weight is 266 g/mol. The lowest BCUT2D eigenvalue weighted by molar-refractivity contribution is 1.07. The first-order valence-electron chi connectivity index (χ1n) is 5.34. The third-order valence-electron chi connectivity index (χ3n) is 2.41. The predicted octanol–water partition coefficient (Wildman–Crippen LogP) is 3.86. The third kappa shape index (κ3) is 4.43. The summed E-state index contributed by atoms with van der Waals surface area (Å²) < 4.78 is 0. The first-order valence-corrected chi connectivity index (χ1v) is 6.33. The van der Waals surface area contributed by atoms with E-state index in [1.807, 2.05) is 17.8 Å². The molecule has 0 radical (unpaired) electrons. The molecule has 0 saturated heterocycles. The zero-order valence-electron chi connectivity index (χ0n) is 9.50. The van der Waals surface area contributed by atoms with Crippen LogP contribution in [0.15, 0.2) is 59.5 Å². The Morgan fingerprint density at radius 2 is 1.47 bits per heavy atom. The topological polar surface area (TPSA) is 26.0 Å². The highest BCUT2D eigenvalue weighted by atomic mass is 35.5. The summed E-state index contributed by atoms with van der Waals surface area (Å²) in [5.74, 6) is 1.02. The molecule has 0 atom stereocenters. The lowest BCUT2D eigenvalue weighted by Gasteiger charge is -2.03. The van der Waals surface area contributed by atoms with Crippen LogP contribution in [0.3, 0.4) is 0 Å². The van der Waals surface area contributed by atoms with Crippen LogP contribution in [0.2, 0.25) is 0 Å². The van der Waals surface area contributed by atoms with E-state index in [9.17, 15) is 0 Å². The molecule has 0 unspecified atom stereocenters. The Balaban J connectivity index is 0.00000144. The van der Waals surface area contributed by atoms with Gasteiger partial charge in [0.25, 0.3) is 0 Å². The molecule has 0 aromatic heterocycles. The van der Waals surface area contributed by atoms with Gasteiger partial charge in [-0.05, 0) is 23.3 Å². The van der Waals surface area contributed by atoms with Gasteiger partial charge in [0.15, 0.2) is 0 Å². The van der Waals surface area contributed by atoms with Crippen molar-refractivity contribution in [3.63, 3.8) is 0 Å². The molecule has 3 heteroatoms. The molecule has 0 spiro atoms. The fourth-order valence-corrected chi connectivity index (χ4v) is 2.32. The quantitative estimate of drug-likeness (QED) is 0.850. The maximum Gasteiger partial charge on any atom is 0.0231 e. The van der Waals surface area contributed by atoms with E-state index >= 15 is 0 Å². The van der Waals surface area contributed by atoms with E-state index in [1.54, 1.807) is 0 Å². The number of nitrogens with two attached hydrogens (primary N) is 1. The van der Waals surface area contributed by atoms with Crippen LogP contribution in [0.1, 0.15) is 11.1 Å². The molecule has 2 rings (SSSR count). The summed E-state index contributed by atoms with van der Waals surface area (Å²) in [5, 5.41) is 0. The van der Waals surface area contributed by atoms with E-state index in [1.165, 1.54) is 16.0 Å². The minimum absolute atomic E-state index is 0. The van der Waals surface area contributed by atoms with Gasteiger partial charge in [-0.1, -0.05) is 42.5 Å². The van der Waals surface area contributed by atoms with Gasteiger partial charge < -0.3 is 5.73 Å².